The first-order valence-electron chi connectivity index (χ1n) is 6.56. The third-order valence-electron chi connectivity index (χ3n) is 4.90. The smallest absolute Gasteiger partial charge is 0.151 e. The highest BCUT2D eigenvalue weighted by Gasteiger charge is 2.41. The number of nitrogens with one attached hydrogen (secondary N) is 1. The molecular weight excluding hydrogens is 236 g/mol. The van der Waals surface area contributed by atoms with Crippen molar-refractivity contribution >= 4 is 9.84 Å². The van der Waals surface area contributed by atoms with E-state index in [4.69, 9.17) is 5.84 Å². The molecule has 5 unspecified atom stereocenters. The van der Waals surface area contributed by atoms with Crippen LogP contribution in [0.25, 0.3) is 0 Å². The Balaban J connectivity index is 1.96. The van der Waals surface area contributed by atoms with E-state index in [0.29, 0.717) is 5.92 Å². The monoisotopic (exact) mass is 260 g/mol. The van der Waals surface area contributed by atoms with Crippen molar-refractivity contribution in [1.29, 1.82) is 0 Å². The van der Waals surface area contributed by atoms with Gasteiger partial charge in [0.25, 0.3) is 0 Å². The van der Waals surface area contributed by atoms with Crippen molar-refractivity contribution < 1.29 is 8.42 Å². The topological polar surface area (TPSA) is 72.2 Å². The predicted octanol–water partition coefficient (Wildman–Crippen LogP) is 1.08. The number of hydrazine groups is 1. The lowest BCUT2D eigenvalue weighted by molar-refractivity contribution is 0.276. The van der Waals surface area contributed by atoms with E-state index in [0.717, 1.165) is 18.3 Å². The van der Waals surface area contributed by atoms with E-state index in [-0.39, 0.29) is 6.04 Å². The summed E-state index contributed by atoms with van der Waals surface area (Å²) in [4.78, 5) is 0. The maximum absolute atomic E-state index is 11.6. The molecule has 0 amide bonds. The third-order valence-corrected chi connectivity index (χ3v) is 6.58. The Labute approximate surface area is 104 Å². The number of sulfone groups is 1. The molecule has 0 aliphatic heterocycles. The summed E-state index contributed by atoms with van der Waals surface area (Å²) in [6, 6.07) is -0.102. The lowest BCUT2D eigenvalue weighted by Crippen LogP contribution is -2.47. The normalized spacial score (nSPS) is 36.1. The summed E-state index contributed by atoms with van der Waals surface area (Å²) in [6.45, 7) is 1.76. The minimum atomic E-state index is -3.01. The number of fused-ring (bicyclic) bond motifs is 2. The van der Waals surface area contributed by atoms with Crippen molar-refractivity contribution in [2.24, 2.45) is 23.6 Å². The minimum absolute atomic E-state index is 0.102. The number of hydrogen-bond donors (Lipinski definition) is 2. The van der Waals surface area contributed by atoms with Crippen molar-refractivity contribution in [1.82, 2.24) is 5.43 Å². The first-order chi connectivity index (χ1) is 7.91. The fraction of sp³-hybridized carbons (Fsp3) is 1.00. The lowest BCUT2D eigenvalue weighted by Gasteiger charge is -2.29. The molecule has 100 valence electrons. The number of rotatable bonds is 5. The van der Waals surface area contributed by atoms with E-state index >= 15 is 0 Å². The van der Waals surface area contributed by atoms with E-state index in [1.54, 1.807) is 6.92 Å². The second-order valence-corrected chi connectivity index (χ2v) is 8.38. The standard InChI is InChI=1S/C12H24N2O2S/c1-8(17(2,15)16)12(14-13)7-11-6-9-3-4-10(11)5-9/h8-12,14H,3-7,13H2,1-2H3. The summed E-state index contributed by atoms with van der Waals surface area (Å²) >= 11 is 0. The van der Waals surface area contributed by atoms with Gasteiger partial charge in [0.1, 0.15) is 0 Å². The first-order valence-corrected chi connectivity index (χ1v) is 8.52. The zero-order valence-corrected chi connectivity index (χ0v) is 11.5. The molecule has 0 spiro atoms. The predicted molar refractivity (Wildman–Crippen MR) is 69.0 cm³/mol. The van der Waals surface area contributed by atoms with Gasteiger partial charge < -0.3 is 0 Å². The molecule has 5 heteroatoms. The molecule has 2 aliphatic rings. The third kappa shape index (κ3) is 2.83. The molecule has 0 aromatic heterocycles. The molecule has 0 aromatic carbocycles. The van der Waals surface area contributed by atoms with E-state index in [9.17, 15) is 8.42 Å². The van der Waals surface area contributed by atoms with Gasteiger partial charge in [0.2, 0.25) is 0 Å². The average Bonchev–Trinajstić information content (AvgIpc) is 2.85. The Hall–Kier alpha value is -0.130. The second-order valence-electron chi connectivity index (χ2n) is 5.98. The molecule has 5 atom stereocenters. The molecule has 2 fully saturated rings. The highest BCUT2D eigenvalue weighted by Crippen LogP contribution is 2.50. The van der Waals surface area contributed by atoms with Gasteiger partial charge in [0.15, 0.2) is 9.84 Å². The zero-order chi connectivity index (χ0) is 12.6. The summed E-state index contributed by atoms with van der Waals surface area (Å²) in [7, 11) is -3.01. The summed E-state index contributed by atoms with van der Waals surface area (Å²) in [5.41, 5.74) is 2.72. The SMILES string of the molecule is CC(C(CC1CC2CCC1C2)NN)S(C)(=O)=O. The van der Waals surface area contributed by atoms with E-state index in [1.165, 1.54) is 31.9 Å². The molecule has 2 rings (SSSR count). The van der Waals surface area contributed by atoms with Crippen molar-refractivity contribution in [2.45, 2.75) is 50.3 Å². The number of nitrogens with two attached hydrogens (primary N) is 1. The minimum Gasteiger partial charge on any atom is -0.271 e. The van der Waals surface area contributed by atoms with Gasteiger partial charge in [0, 0.05) is 12.3 Å². The molecule has 0 aromatic rings. The van der Waals surface area contributed by atoms with Crippen LogP contribution in [0, 0.1) is 17.8 Å². The van der Waals surface area contributed by atoms with E-state index in [2.05, 4.69) is 5.43 Å². The van der Waals surface area contributed by atoms with Crippen molar-refractivity contribution in [3.63, 3.8) is 0 Å². The lowest BCUT2D eigenvalue weighted by atomic mass is 9.84. The molecule has 17 heavy (non-hydrogen) atoms. The van der Waals surface area contributed by atoms with Gasteiger partial charge in [-0.2, -0.15) is 0 Å². The van der Waals surface area contributed by atoms with Crippen LogP contribution in [0.5, 0.6) is 0 Å². The van der Waals surface area contributed by atoms with Crippen LogP contribution in [0.1, 0.15) is 39.0 Å². The van der Waals surface area contributed by atoms with Crippen LogP contribution in [-0.4, -0.2) is 26.0 Å². The van der Waals surface area contributed by atoms with Crippen molar-refractivity contribution in [3.05, 3.63) is 0 Å². The summed E-state index contributed by atoms with van der Waals surface area (Å²) < 4.78 is 23.1. The van der Waals surface area contributed by atoms with Gasteiger partial charge in [-0.05, 0) is 50.4 Å². The van der Waals surface area contributed by atoms with Gasteiger partial charge >= 0.3 is 0 Å². The Kier molecular flexibility index (Phi) is 3.80. The fourth-order valence-corrected chi connectivity index (χ4v) is 4.47. The molecular formula is C12H24N2O2S. The Morgan fingerprint density at radius 3 is 2.47 bits per heavy atom. The molecule has 0 radical (unpaired) electrons. The van der Waals surface area contributed by atoms with Crippen molar-refractivity contribution in [3.8, 4) is 0 Å². The van der Waals surface area contributed by atoms with Gasteiger partial charge in [-0.15, -0.1) is 0 Å². The van der Waals surface area contributed by atoms with Crippen LogP contribution in [0.4, 0.5) is 0 Å². The number of hydrogen-bond acceptors (Lipinski definition) is 4. The highest BCUT2D eigenvalue weighted by atomic mass is 32.2. The highest BCUT2D eigenvalue weighted by molar-refractivity contribution is 7.91. The maximum atomic E-state index is 11.6. The molecule has 4 nitrogen and oxygen atoms in total. The summed E-state index contributed by atoms with van der Waals surface area (Å²) in [5, 5.41) is -0.397. The zero-order valence-electron chi connectivity index (χ0n) is 10.7. The molecule has 0 saturated heterocycles. The van der Waals surface area contributed by atoms with Crippen LogP contribution in [-0.2, 0) is 9.84 Å². The summed E-state index contributed by atoms with van der Waals surface area (Å²) in [6.07, 6.45) is 7.55. The van der Waals surface area contributed by atoms with Crippen LogP contribution in [0.15, 0.2) is 0 Å². The van der Waals surface area contributed by atoms with Crippen LogP contribution in [0.2, 0.25) is 0 Å². The molecule has 2 aliphatic carbocycles. The maximum Gasteiger partial charge on any atom is 0.151 e. The van der Waals surface area contributed by atoms with Crippen molar-refractivity contribution in [2.75, 3.05) is 6.26 Å². The summed E-state index contributed by atoms with van der Waals surface area (Å²) in [5.74, 6) is 7.93. The van der Waals surface area contributed by atoms with Gasteiger partial charge in [-0.25, -0.2) is 8.42 Å². The largest absolute Gasteiger partial charge is 0.271 e. The Morgan fingerprint density at radius 1 is 1.35 bits per heavy atom. The molecule has 2 bridgehead atoms. The van der Waals surface area contributed by atoms with E-state index < -0.39 is 15.1 Å². The quantitative estimate of drug-likeness (QED) is 0.573. The fourth-order valence-electron chi connectivity index (χ4n) is 3.68. The Morgan fingerprint density at radius 2 is 2.06 bits per heavy atom. The molecule has 3 N–H and O–H groups in total. The van der Waals surface area contributed by atoms with Gasteiger partial charge in [-0.1, -0.05) is 6.42 Å². The molecule has 0 heterocycles. The van der Waals surface area contributed by atoms with Gasteiger partial charge in [-0.3, -0.25) is 11.3 Å². The molecule has 2 saturated carbocycles. The average molecular weight is 260 g/mol. The first kappa shape index (κ1) is 13.3. The van der Waals surface area contributed by atoms with Crippen LogP contribution in [0.3, 0.4) is 0 Å². The van der Waals surface area contributed by atoms with Crippen LogP contribution >= 0.6 is 0 Å². The van der Waals surface area contributed by atoms with Gasteiger partial charge in [0.05, 0.1) is 5.25 Å². The van der Waals surface area contributed by atoms with E-state index in [1.807, 2.05) is 0 Å². The Bertz CT molecular complexity index is 369. The van der Waals surface area contributed by atoms with Crippen LogP contribution < -0.4 is 11.3 Å². The second kappa shape index (κ2) is 4.86.